The smallest absolute Gasteiger partial charge is 0.333 e. The highest BCUT2D eigenvalue weighted by atomic mass is 16.5. The number of hydrogen-bond donors (Lipinski definition) is 0. The molecule has 84 valence electrons. The molecule has 0 rings (SSSR count). The number of carbonyl (C=O) groups excluding carboxylic acids is 2. The second kappa shape index (κ2) is 6.81. The van der Waals surface area contributed by atoms with E-state index in [4.69, 9.17) is 9.47 Å². The fourth-order valence-electron chi connectivity index (χ4n) is 0.635. The Balaban J connectivity index is 3.48. The Morgan fingerprint density at radius 2 is 1.27 bits per heavy atom. The predicted molar refractivity (Wildman–Crippen MR) is 56.2 cm³/mol. The van der Waals surface area contributed by atoms with E-state index in [0.717, 1.165) is 0 Å². The molecule has 4 nitrogen and oxygen atoms in total. The van der Waals surface area contributed by atoms with Crippen molar-refractivity contribution in [3.05, 3.63) is 24.3 Å². The van der Waals surface area contributed by atoms with Gasteiger partial charge in [-0.25, -0.2) is 9.59 Å². The summed E-state index contributed by atoms with van der Waals surface area (Å²) >= 11 is 0. The lowest BCUT2D eigenvalue weighted by Gasteiger charge is -2.05. The average Bonchev–Trinajstić information content (AvgIpc) is 2.16. The van der Waals surface area contributed by atoms with Crippen molar-refractivity contribution >= 4 is 11.9 Å². The maximum Gasteiger partial charge on any atom is 0.333 e. The zero-order valence-corrected chi connectivity index (χ0v) is 9.17. The summed E-state index contributed by atoms with van der Waals surface area (Å²) in [4.78, 5) is 21.8. The molecule has 0 radical (unpaired) electrons. The van der Waals surface area contributed by atoms with Crippen molar-refractivity contribution in [3.63, 3.8) is 0 Å². The average molecular weight is 212 g/mol. The molecule has 4 heteroatoms. The summed E-state index contributed by atoms with van der Waals surface area (Å²) in [6, 6.07) is 0. The minimum atomic E-state index is -0.429. The monoisotopic (exact) mass is 212 g/mol. The lowest BCUT2D eigenvalue weighted by atomic mass is 10.3. The highest BCUT2D eigenvalue weighted by Gasteiger charge is 2.04. The van der Waals surface area contributed by atoms with Gasteiger partial charge >= 0.3 is 11.9 Å². The largest absolute Gasteiger partial charge is 0.462 e. The summed E-state index contributed by atoms with van der Waals surface area (Å²) in [5, 5.41) is 0. The van der Waals surface area contributed by atoms with Crippen LogP contribution in [0.25, 0.3) is 0 Å². The van der Waals surface area contributed by atoms with Gasteiger partial charge in [0.2, 0.25) is 0 Å². The summed E-state index contributed by atoms with van der Waals surface area (Å²) in [5.41, 5.74) is 0.711. The third kappa shape index (κ3) is 6.49. The first kappa shape index (κ1) is 13.4. The molecule has 0 aromatic rings. The van der Waals surface area contributed by atoms with Crippen molar-refractivity contribution in [2.45, 2.75) is 20.3 Å². The van der Waals surface area contributed by atoms with Crippen LogP contribution in [-0.2, 0) is 19.1 Å². The molecule has 15 heavy (non-hydrogen) atoms. The molecule has 0 aliphatic heterocycles. The van der Waals surface area contributed by atoms with Gasteiger partial charge in [0.1, 0.15) is 0 Å². The first-order valence-corrected chi connectivity index (χ1v) is 4.60. The van der Waals surface area contributed by atoms with E-state index >= 15 is 0 Å². The van der Waals surface area contributed by atoms with E-state index in [-0.39, 0.29) is 13.2 Å². The lowest BCUT2D eigenvalue weighted by molar-refractivity contribution is -0.141. The molecule has 0 amide bonds. The van der Waals surface area contributed by atoms with Gasteiger partial charge < -0.3 is 9.47 Å². The van der Waals surface area contributed by atoms with E-state index in [9.17, 15) is 9.59 Å². The first-order valence-electron chi connectivity index (χ1n) is 4.60. The van der Waals surface area contributed by atoms with Crippen molar-refractivity contribution in [1.29, 1.82) is 0 Å². The van der Waals surface area contributed by atoms with Crippen LogP contribution in [0.1, 0.15) is 20.3 Å². The quantitative estimate of drug-likeness (QED) is 0.381. The van der Waals surface area contributed by atoms with E-state index in [2.05, 4.69) is 13.2 Å². The highest BCUT2D eigenvalue weighted by Crippen LogP contribution is 1.96. The number of esters is 2. The second-order valence-electron chi connectivity index (χ2n) is 3.19. The third-order valence-corrected chi connectivity index (χ3v) is 1.45. The van der Waals surface area contributed by atoms with Gasteiger partial charge in [-0.05, 0) is 13.8 Å². The summed E-state index contributed by atoms with van der Waals surface area (Å²) in [5.74, 6) is -0.859. The maximum absolute atomic E-state index is 10.9. The van der Waals surface area contributed by atoms with Crippen LogP contribution in [0.4, 0.5) is 0 Å². The molecule has 0 atom stereocenters. The molecular formula is C11H16O4. The topological polar surface area (TPSA) is 52.6 Å². The van der Waals surface area contributed by atoms with Crippen LogP contribution in [0.5, 0.6) is 0 Å². The van der Waals surface area contributed by atoms with Crippen LogP contribution < -0.4 is 0 Å². The van der Waals surface area contributed by atoms with E-state index in [0.29, 0.717) is 17.6 Å². The Morgan fingerprint density at radius 1 is 0.933 bits per heavy atom. The van der Waals surface area contributed by atoms with Gasteiger partial charge in [-0.1, -0.05) is 13.2 Å². The zero-order chi connectivity index (χ0) is 11.8. The normalized spacial score (nSPS) is 9.20. The van der Waals surface area contributed by atoms with Gasteiger partial charge in [-0.3, -0.25) is 0 Å². The van der Waals surface area contributed by atoms with Crippen molar-refractivity contribution in [2.24, 2.45) is 0 Å². The fourth-order valence-corrected chi connectivity index (χ4v) is 0.635. The van der Waals surface area contributed by atoms with Gasteiger partial charge in [-0.2, -0.15) is 0 Å². The van der Waals surface area contributed by atoms with Crippen molar-refractivity contribution in [3.8, 4) is 0 Å². The van der Waals surface area contributed by atoms with Crippen molar-refractivity contribution in [2.75, 3.05) is 13.2 Å². The van der Waals surface area contributed by atoms with Gasteiger partial charge in [0.15, 0.2) is 0 Å². The molecule has 0 saturated heterocycles. The molecule has 0 aliphatic carbocycles. The van der Waals surface area contributed by atoms with Crippen LogP contribution in [0, 0.1) is 0 Å². The van der Waals surface area contributed by atoms with Crippen LogP contribution in [0.15, 0.2) is 24.3 Å². The Bertz CT molecular complexity index is 250. The number of rotatable bonds is 6. The zero-order valence-electron chi connectivity index (χ0n) is 9.17. The van der Waals surface area contributed by atoms with Crippen LogP contribution in [0.2, 0.25) is 0 Å². The minimum absolute atomic E-state index is 0.217. The molecular weight excluding hydrogens is 196 g/mol. The van der Waals surface area contributed by atoms with Crippen molar-refractivity contribution in [1.82, 2.24) is 0 Å². The van der Waals surface area contributed by atoms with Gasteiger partial charge in [0, 0.05) is 17.6 Å². The summed E-state index contributed by atoms with van der Waals surface area (Å²) in [6.45, 7) is 10.4. The summed E-state index contributed by atoms with van der Waals surface area (Å²) in [6.07, 6.45) is 0.470. The molecule has 0 fully saturated rings. The summed E-state index contributed by atoms with van der Waals surface area (Å²) in [7, 11) is 0. The lowest BCUT2D eigenvalue weighted by Crippen LogP contribution is -2.11. The second-order valence-corrected chi connectivity index (χ2v) is 3.19. The number of ether oxygens (including phenoxy) is 2. The van der Waals surface area contributed by atoms with Crippen LogP contribution in [0.3, 0.4) is 0 Å². The van der Waals surface area contributed by atoms with E-state index in [1.54, 1.807) is 13.8 Å². The molecule has 0 spiro atoms. The molecule has 0 N–H and O–H groups in total. The molecule has 0 bridgehead atoms. The maximum atomic E-state index is 10.9. The molecule has 0 saturated carbocycles. The van der Waals surface area contributed by atoms with Gasteiger partial charge in [0.25, 0.3) is 0 Å². The van der Waals surface area contributed by atoms with Gasteiger partial charge in [-0.15, -0.1) is 0 Å². The Hall–Kier alpha value is -1.58. The Morgan fingerprint density at radius 3 is 1.53 bits per heavy atom. The molecule has 0 aliphatic rings. The Kier molecular flexibility index (Phi) is 6.09. The minimum Gasteiger partial charge on any atom is -0.462 e. The molecule has 0 heterocycles. The van der Waals surface area contributed by atoms with Crippen molar-refractivity contribution < 1.29 is 19.1 Å². The predicted octanol–water partition coefficient (Wildman–Crippen LogP) is 1.62. The number of carbonyl (C=O) groups is 2. The van der Waals surface area contributed by atoms with Crippen LogP contribution in [-0.4, -0.2) is 25.2 Å². The SMILES string of the molecule is C=C(C)C(=O)OCCCOC(=O)C(=C)C. The number of hydrogen-bond acceptors (Lipinski definition) is 4. The standard InChI is InChI=1S/C11H16O4/c1-8(2)10(12)14-6-5-7-15-11(13)9(3)4/h1,3,5-7H2,2,4H3. The highest BCUT2D eigenvalue weighted by molar-refractivity contribution is 5.87. The summed E-state index contributed by atoms with van der Waals surface area (Å²) < 4.78 is 9.59. The molecule has 0 unspecified atom stereocenters. The fraction of sp³-hybridized carbons (Fsp3) is 0.455. The molecule has 0 aromatic carbocycles. The first-order chi connectivity index (χ1) is 6.95. The van der Waals surface area contributed by atoms with Crippen LogP contribution >= 0.6 is 0 Å². The van der Waals surface area contributed by atoms with E-state index in [1.807, 2.05) is 0 Å². The van der Waals surface area contributed by atoms with E-state index < -0.39 is 11.9 Å². The molecule has 0 aromatic heterocycles. The third-order valence-electron chi connectivity index (χ3n) is 1.45. The van der Waals surface area contributed by atoms with E-state index in [1.165, 1.54) is 0 Å². The van der Waals surface area contributed by atoms with Gasteiger partial charge in [0.05, 0.1) is 13.2 Å². The Labute approximate surface area is 89.6 Å².